The SMILES string of the molecule is CC.Cc1nc(N)c(CCC2CCN(C(=O)C(C)NC(=O)C(C)O)CC2)c(Cl)n1. The number of nitrogens with two attached hydrogens (primary N) is 1. The third kappa shape index (κ3) is 7.44. The van der Waals surface area contributed by atoms with Gasteiger partial charge in [0.25, 0.3) is 0 Å². The molecule has 1 aromatic rings. The van der Waals surface area contributed by atoms with Crippen LogP contribution in [0.3, 0.4) is 0 Å². The van der Waals surface area contributed by atoms with Crippen molar-refractivity contribution < 1.29 is 14.7 Å². The number of carbonyl (C=O) groups excluding carboxylic acids is 2. The second-order valence-electron chi connectivity index (χ2n) is 7.14. The second-order valence-corrected chi connectivity index (χ2v) is 7.50. The monoisotopic (exact) mass is 427 g/mol. The molecular formula is C20H34ClN5O3. The Kier molecular flexibility index (Phi) is 10.3. The summed E-state index contributed by atoms with van der Waals surface area (Å²) in [6, 6.07) is -0.646. The van der Waals surface area contributed by atoms with Gasteiger partial charge in [-0.1, -0.05) is 25.4 Å². The Labute approximate surface area is 178 Å². The summed E-state index contributed by atoms with van der Waals surface area (Å²) in [6.07, 6.45) is 2.26. The highest BCUT2D eigenvalue weighted by atomic mass is 35.5. The summed E-state index contributed by atoms with van der Waals surface area (Å²) in [5.41, 5.74) is 6.74. The van der Waals surface area contributed by atoms with Crippen molar-refractivity contribution in [2.24, 2.45) is 5.92 Å². The highest BCUT2D eigenvalue weighted by Crippen LogP contribution is 2.26. The summed E-state index contributed by atoms with van der Waals surface area (Å²) in [5.74, 6) is 0.794. The zero-order valence-electron chi connectivity index (χ0n) is 18.0. The molecule has 0 spiro atoms. The molecule has 2 amide bonds. The largest absolute Gasteiger partial charge is 0.384 e. The molecule has 1 aromatic heterocycles. The maximum Gasteiger partial charge on any atom is 0.249 e. The number of nitrogens with one attached hydrogen (secondary N) is 1. The third-order valence-electron chi connectivity index (χ3n) is 4.94. The van der Waals surface area contributed by atoms with E-state index in [-0.39, 0.29) is 5.91 Å². The van der Waals surface area contributed by atoms with Crippen molar-refractivity contribution in [3.8, 4) is 0 Å². The van der Waals surface area contributed by atoms with Crippen molar-refractivity contribution in [2.45, 2.75) is 72.4 Å². The molecule has 29 heavy (non-hydrogen) atoms. The van der Waals surface area contributed by atoms with Crippen LogP contribution in [0.1, 0.15) is 58.3 Å². The minimum atomic E-state index is -1.13. The number of aliphatic hydroxyl groups excluding tert-OH is 1. The first-order chi connectivity index (χ1) is 13.7. The summed E-state index contributed by atoms with van der Waals surface area (Å²) >= 11 is 6.18. The Morgan fingerprint density at radius 1 is 1.28 bits per heavy atom. The number of piperidine rings is 1. The molecule has 2 rings (SSSR count). The topological polar surface area (TPSA) is 121 Å². The van der Waals surface area contributed by atoms with Crippen LogP contribution in [-0.4, -0.2) is 57.0 Å². The number of anilines is 1. The Morgan fingerprint density at radius 3 is 2.38 bits per heavy atom. The first-order valence-electron chi connectivity index (χ1n) is 10.2. The molecule has 2 heterocycles. The lowest BCUT2D eigenvalue weighted by Crippen LogP contribution is -2.51. The maximum atomic E-state index is 12.4. The molecule has 9 heteroatoms. The highest BCUT2D eigenvalue weighted by Gasteiger charge is 2.27. The predicted molar refractivity (Wildman–Crippen MR) is 114 cm³/mol. The fraction of sp³-hybridized carbons (Fsp3) is 0.700. The van der Waals surface area contributed by atoms with Crippen molar-refractivity contribution >= 4 is 29.2 Å². The van der Waals surface area contributed by atoms with Gasteiger partial charge in [-0.15, -0.1) is 0 Å². The van der Waals surface area contributed by atoms with E-state index >= 15 is 0 Å². The molecule has 0 aromatic carbocycles. The van der Waals surface area contributed by atoms with E-state index in [4.69, 9.17) is 17.3 Å². The van der Waals surface area contributed by atoms with Crippen LogP contribution in [0.25, 0.3) is 0 Å². The predicted octanol–water partition coefficient (Wildman–Crippen LogP) is 2.10. The van der Waals surface area contributed by atoms with E-state index in [1.54, 1.807) is 18.7 Å². The number of hydrogen-bond acceptors (Lipinski definition) is 6. The molecule has 0 aliphatic carbocycles. The zero-order chi connectivity index (χ0) is 22.1. The fourth-order valence-electron chi connectivity index (χ4n) is 3.27. The molecule has 0 radical (unpaired) electrons. The van der Waals surface area contributed by atoms with Crippen molar-refractivity contribution in [3.05, 3.63) is 16.5 Å². The van der Waals surface area contributed by atoms with E-state index in [9.17, 15) is 14.7 Å². The quantitative estimate of drug-likeness (QED) is 0.597. The van der Waals surface area contributed by atoms with E-state index in [2.05, 4.69) is 15.3 Å². The van der Waals surface area contributed by atoms with Crippen molar-refractivity contribution in [3.63, 3.8) is 0 Å². The van der Waals surface area contributed by atoms with Crippen LogP contribution in [0.4, 0.5) is 5.82 Å². The minimum Gasteiger partial charge on any atom is -0.384 e. The molecule has 2 unspecified atom stereocenters. The number of aryl methyl sites for hydroxylation is 1. The van der Waals surface area contributed by atoms with Gasteiger partial charge < -0.3 is 21.1 Å². The van der Waals surface area contributed by atoms with Crippen molar-refractivity contribution in [1.29, 1.82) is 0 Å². The molecule has 164 valence electrons. The summed E-state index contributed by atoms with van der Waals surface area (Å²) in [7, 11) is 0. The molecule has 2 atom stereocenters. The molecule has 8 nitrogen and oxygen atoms in total. The van der Waals surface area contributed by atoms with Gasteiger partial charge in [0.05, 0.1) is 0 Å². The third-order valence-corrected chi connectivity index (χ3v) is 5.25. The van der Waals surface area contributed by atoms with Crippen LogP contribution in [0.5, 0.6) is 0 Å². The van der Waals surface area contributed by atoms with E-state index in [0.717, 1.165) is 24.8 Å². The molecule has 1 saturated heterocycles. The Hall–Kier alpha value is -1.93. The number of carbonyl (C=O) groups is 2. The van der Waals surface area contributed by atoms with Crippen LogP contribution in [0, 0.1) is 12.8 Å². The van der Waals surface area contributed by atoms with Crippen LogP contribution in [-0.2, 0) is 16.0 Å². The van der Waals surface area contributed by atoms with Crippen LogP contribution in [0.15, 0.2) is 0 Å². The Bertz CT molecular complexity index is 668. The standard InChI is InChI=1S/C18H28ClN5O3.C2H6/c1-10(21-17(26)11(2)25)18(27)24-8-6-13(7-9-24)4-5-14-15(19)22-12(3)23-16(14)20;1-2/h10-11,13,25H,4-9H2,1-3H3,(H,21,26)(H2,20,22,23);1-2H3. The van der Waals surface area contributed by atoms with Gasteiger partial charge in [0.1, 0.15) is 28.9 Å². The molecule has 1 aliphatic heterocycles. The lowest BCUT2D eigenvalue weighted by Gasteiger charge is -2.34. The number of likely N-dealkylation sites (tertiary alicyclic amines) is 1. The summed E-state index contributed by atoms with van der Waals surface area (Å²) in [5, 5.41) is 12.2. The fourth-order valence-corrected chi connectivity index (χ4v) is 3.59. The summed E-state index contributed by atoms with van der Waals surface area (Å²) in [6.45, 7) is 10.0. The molecule has 0 saturated carbocycles. The molecule has 1 fully saturated rings. The average molecular weight is 428 g/mol. The Morgan fingerprint density at radius 2 is 1.86 bits per heavy atom. The smallest absolute Gasteiger partial charge is 0.249 e. The number of hydrogen-bond donors (Lipinski definition) is 3. The van der Waals surface area contributed by atoms with Gasteiger partial charge in [0, 0.05) is 18.7 Å². The van der Waals surface area contributed by atoms with Gasteiger partial charge in [-0.2, -0.15) is 0 Å². The van der Waals surface area contributed by atoms with Crippen LogP contribution >= 0.6 is 11.6 Å². The molecular weight excluding hydrogens is 394 g/mol. The van der Waals surface area contributed by atoms with Gasteiger partial charge in [-0.05, 0) is 52.4 Å². The van der Waals surface area contributed by atoms with Crippen LogP contribution in [0.2, 0.25) is 5.15 Å². The zero-order valence-corrected chi connectivity index (χ0v) is 18.8. The average Bonchev–Trinajstić information content (AvgIpc) is 2.68. The van der Waals surface area contributed by atoms with Gasteiger partial charge in [-0.25, -0.2) is 9.97 Å². The van der Waals surface area contributed by atoms with Crippen LogP contribution < -0.4 is 11.1 Å². The second kappa shape index (κ2) is 11.9. The van der Waals surface area contributed by atoms with Gasteiger partial charge >= 0.3 is 0 Å². The van der Waals surface area contributed by atoms with E-state index in [1.807, 2.05) is 13.8 Å². The maximum absolute atomic E-state index is 12.4. The first kappa shape index (κ1) is 25.1. The van der Waals surface area contributed by atoms with Crippen molar-refractivity contribution in [2.75, 3.05) is 18.8 Å². The Balaban J connectivity index is 0.00000204. The summed E-state index contributed by atoms with van der Waals surface area (Å²) < 4.78 is 0. The lowest BCUT2D eigenvalue weighted by atomic mass is 9.90. The van der Waals surface area contributed by atoms with E-state index in [1.165, 1.54) is 6.92 Å². The molecule has 4 N–H and O–H groups in total. The van der Waals surface area contributed by atoms with E-state index < -0.39 is 18.1 Å². The number of amides is 2. The minimum absolute atomic E-state index is 0.123. The molecule has 0 bridgehead atoms. The van der Waals surface area contributed by atoms with Gasteiger partial charge in [0.15, 0.2) is 0 Å². The first-order valence-corrected chi connectivity index (χ1v) is 10.6. The number of nitrogens with zero attached hydrogens (tertiary/aromatic N) is 3. The number of rotatable bonds is 6. The highest BCUT2D eigenvalue weighted by molar-refractivity contribution is 6.30. The van der Waals surface area contributed by atoms with E-state index in [0.29, 0.717) is 42.2 Å². The normalized spacial score (nSPS) is 16.4. The number of aromatic nitrogens is 2. The van der Waals surface area contributed by atoms with Gasteiger partial charge in [0.2, 0.25) is 11.8 Å². The lowest BCUT2D eigenvalue weighted by molar-refractivity contribution is -0.139. The number of halogens is 1. The van der Waals surface area contributed by atoms with Gasteiger partial charge in [-0.3, -0.25) is 9.59 Å². The van der Waals surface area contributed by atoms with Crippen molar-refractivity contribution in [1.82, 2.24) is 20.2 Å². The number of aliphatic hydroxyl groups is 1. The number of nitrogen functional groups attached to an aromatic ring is 1. The summed E-state index contributed by atoms with van der Waals surface area (Å²) in [4.78, 5) is 34.1. The molecule has 1 aliphatic rings.